The van der Waals surface area contributed by atoms with Gasteiger partial charge in [-0.15, -0.1) is 10.2 Å². The normalized spacial score (nSPS) is 27.1. The number of nitrogens with zero attached hydrogens (tertiary/aromatic N) is 5. The number of aromatic nitrogens is 4. The van der Waals surface area contributed by atoms with E-state index < -0.39 is 12.0 Å². The van der Waals surface area contributed by atoms with Gasteiger partial charge in [-0.1, -0.05) is 25.8 Å². The summed E-state index contributed by atoms with van der Waals surface area (Å²) in [6.45, 7) is 2.11. The molecule has 1 N–H and O–H groups in total. The summed E-state index contributed by atoms with van der Waals surface area (Å²) in [5, 5.41) is 19.5. The van der Waals surface area contributed by atoms with Crippen LogP contribution in [-0.4, -0.2) is 50.6 Å². The molecule has 3 fully saturated rings. The van der Waals surface area contributed by atoms with Crippen molar-refractivity contribution in [3.05, 3.63) is 42.5 Å². The molecule has 7 nitrogen and oxygen atoms in total. The molecule has 0 saturated heterocycles. The number of phenolic OH excluding ortho intramolecular Hbond substituents is 1. The Bertz CT molecular complexity index is 1300. The molecule has 3 aliphatic rings. The average Bonchev–Trinajstić information content (AvgIpc) is 3.73. The van der Waals surface area contributed by atoms with Crippen molar-refractivity contribution in [1.82, 2.24) is 20.2 Å². The van der Waals surface area contributed by atoms with Gasteiger partial charge in [0.15, 0.2) is 17.5 Å². The summed E-state index contributed by atoms with van der Waals surface area (Å²) in [7, 11) is 1.35. The van der Waals surface area contributed by atoms with E-state index in [0.717, 1.165) is 38.5 Å². The highest BCUT2D eigenvalue weighted by Crippen LogP contribution is 2.52. The Kier molecular flexibility index (Phi) is 5.96. The van der Waals surface area contributed by atoms with Crippen molar-refractivity contribution in [1.29, 1.82) is 0 Å². The molecule has 9 heteroatoms. The van der Waals surface area contributed by atoms with Gasteiger partial charge < -0.3 is 14.7 Å². The van der Waals surface area contributed by atoms with Crippen LogP contribution in [-0.2, 0) is 0 Å². The quantitative estimate of drug-likeness (QED) is 0.456. The van der Waals surface area contributed by atoms with E-state index in [4.69, 9.17) is 4.74 Å². The first-order valence-electron chi connectivity index (χ1n) is 13.0. The predicted molar refractivity (Wildman–Crippen MR) is 136 cm³/mol. The van der Waals surface area contributed by atoms with Gasteiger partial charge in [-0.25, -0.2) is 18.7 Å². The number of rotatable bonds is 6. The van der Waals surface area contributed by atoms with Gasteiger partial charge >= 0.3 is 0 Å². The van der Waals surface area contributed by atoms with Crippen LogP contribution in [0.5, 0.6) is 11.6 Å². The number of halogens is 2. The molecular weight excluding hydrogens is 476 g/mol. The molecule has 0 amide bonds. The van der Waals surface area contributed by atoms with E-state index in [1.54, 1.807) is 18.3 Å². The second-order valence-corrected chi connectivity index (χ2v) is 11.0. The fraction of sp³-hybridized carbons (Fsp3) is 0.500. The number of hydrogen-bond donors (Lipinski definition) is 1. The molecule has 0 radical (unpaired) electrons. The minimum Gasteiger partial charge on any atom is -0.507 e. The van der Waals surface area contributed by atoms with Crippen molar-refractivity contribution < 1.29 is 18.6 Å². The third-order valence-electron chi connectivity index (χ3n) is 8.38. The SMILES string of the molecule is COc1ncc(-c2ccc(-c3ncc(N(C4CC4)[C@H]4C[C@@H]5CCC[C@@](C)(C5)[C@H]4F)nn3)c(O)c2)cc1F. The number of phenols is 1. The van der Waals surface area contributed by atoms with Crippen molar-refractivity contribution >= 4 is 5.82 Å². The van der Waals surface area contributed by atoms with Gasteiger partial charge in [-0.2, -0.15) is 0 Å². The number of fused-ring (bicyclic) bond motifs is 2. The van der Waals surface area contributed by atoms with E-state index in [2.05, 4.69) is 32.0 Å². The number of alkyl halides is 1. The van der Waals surface area contributed by atoms with Gasteiger partial charge in [-0.3, -0.25) is 0 Å². The lowest BCUT2D eigenvalue weighted by atomic mass is 9.60. The Morgan fingerprint density at radius 2 is 1.92 bits per heavy atom. The third-order valence-corrected chi connectivity index (χ3v) is 8.38. The number of benzene rings is 1. The van der Waals surface area contributed by atoms with Crippen molar-refractivity contribution in [2.75, 3.05) is 12.0 Å². The van der Waals surface area contributed by atoms with Crippen molar-refractivity contribution in [2.45, 2.75) is 70.1 Å². The molecule has 6 rings (SSSR count). The molecule has 2 bridgehead atoms. The van der Waals surface area contributed by atoms with Crippen LogP contribution >= 0.6 is 0 Å². The van der Waals surface area contributed by atoms with Crippen LogP contribution in [0.2, 0.25) is 0 Å². The van der Waals surface area contributed by atoms with Gasteiger partial charge in [-0.05, 0) is 61.8 Å². The molecule has 3 aromatic rings. The standard InChI is InChI=1S/C28H31F2N5O2/c1-28-9-3-4-16(13-28)10-22(25(28)30)35(19-6-7-19)24-15-31-26(34-33-24)20-8-5-17(12-23(20)36)18-11-21(29)27(37-2)32-14-18/h5,8,11-12,14-16,19,22,25,36H,3-4,6-7,9-10,13H2,1-2H3/t16-,22-,25-,28-/m0/s1. The van der Waals surface area contributed by atoms with Crippen LogP contribution in [0.1, 0.15) is 51.9 Å². The molecule has 1 aromatic carbocycles. The molecular formula is C28H31F2N5O2. The number of hydrogen-bond acceptors (Lipinski definition) is 7. The molecule has 2 aromatic heterocycles. The summed E-state index contributed by atoms with van der Waals surface area (Å²) in [5.41, 5.74) is 1.23. The molecule has 3 saturated carbocycles. The van der Waals surface area contributed by atoms with E-state index in [1.807, 2.05) is 0 Å². The summed E-state index contributed by atoms with van der Waals surface area (Å²) in [5.74, 6) is 0.693. The molecule has 0 spiro atoms. The van der Waals surface area contributed by atoms with Crippen LogP contribution in [0.25, 0.3) is 22.5 Å². The highest BCUT2D eigenvalue weighted by atomic mass is 19.1. The first-order chi connectivity index (χ1) is 17.9. The maximum absolute atomic E-state index is 15.9. The van der Waals surface area contributed by atoms with Gasteiger partial charge in [0.1, 0.15) is 11.9 Å². The van der Waals surface area contributed by atoms with E-state index in [-0.39, 0.29) is 35.0 Å². The summed E-state index contributed by atoms with van der Waals surface area (Å²) < 4.78 is 34.8. The zero-order chi connectivity index (χ0) is 25.7. The second-order valence-electron chi connectivity index (χ2n) is 11.0. The maximum Gasteiger partial charge on any atom is 0.250 e. The first kappa shape index (κ1) is 24.0. The smallest absolute Gasteiger partial charge is 0.250 e. The highest BCUT2D eigenvalue weighted by molar-refractivity contribution is 5.72. The van der Waals surface area contributed by atoms with Crippen LogP contribution in [0.15, 0.2) is 36.7 Å². The molecule has 0 unspecified atom stereocenters. The fourth-order valence-electron chi connectivity index (χ4n) is 6.41. The van der Waals surface area contributed by atoms with Crippen LogP contribution in [0.3, 0.4) is 0 Å². The summed E-state index contributed by atoms with van der Waals surface area (Å²) in [6.07, 6.45) is 9.32. The van der Waals surface area contributed by atoms with Crippen molar-refractivity contribution in [3.8, 4) is 34.1 Å². The fourth-order valence-corrected chi connectivity index (χ4v) is 6.41. The largest absolute Gasteiger partial charge is 0.507 e. The summed E-state index contributed by atoms with van der Waals surface area (Å²) in [6, 6.07) is 6.30. The lowest BCUT2D eigenvalue weighted by Crippen LogP contribution is -2.56. The lowest BCUT2D eigenvalue weighted by molar-refractivity contribution is -0.0125. The molecule has 2 heterocycles. The Hall–Kier alpha value is -3.36. The molecule has 0 aliphatic heterocycles. The predicted octanol–water partition coefficient (Wildman–Crippen LogP) is 5.73. The number of pyridine rings is 1. The molecule has 194 valence electrons. The molecule has 4 atom stereocenters. The zero-order valence-electron chi connectivity index (χ0n) is 21.1. The number of aromatic hydroxyl groups is 1. The monoisotopic (exact) mass is 507 g/mol. The number of methoxy groups -OCH3 is 1. The number of ether oxygens (including phenoxy) is 1. The Balaban J connectivity index is 1.26. The van der Waals surface area contributed by atoms with E-state index in [9.17, 15) is 9.50 Å². The Morgan fingerprint density at radius 3 is 2.59 bits per heavy atom. The average molecular weight is 508 g/mol. The van der Waals surface area contributed by atoms with Gasteiger partial charge in [0.05, 0.1) is 24.9 Å². The maximum atomic E-state index is 15.9. The second kappa shape index (κ2) is 9.19. The third kappa shape index (κ3) is 4.38. The minimum absolute atomic E-state index is 0.0563. The van der Waals surface area contributed by atoms with Crippen LogP contribution in [0, 0.1) is 17.2 Å². The van der Waals surface area contributed by atoms with Gasteiger partial charge in [0.25, 0.3) is 0 Å². The van der Waals surface area contributed by atoms with E-state index in [0.29, 0.717) is 28.4 Å². The molecule has 37 heavy (non-hydrogen) atoms. The summed E-state index contributed by atoms with van der Waals surface area (Å²) in [4.78, 5) is 10.6. The first-order valence-corrected chi connectivity index (χ1v) is 13.0. The Morgan fingerprint density at radius 1 is 1.08 bits per heavy atom. The van der Waals surface area contributed by atoms with E-state index >= 15 is 4.39 Å². The summed E-state index contributed by atoms with van der Waals surface area (Å²) >= 11 is 0. The highest BCUT2D eigenvalue weighted by Gasteiger charge is 2.52. The minimum atomic E-state index is -0.903. The molecule has 3 aliphatic carbocycles. The lowest BCUT2D eigenvalue weighted by Gasteiger charge is -2.52. The van der Waals surface area contributed by atoms with Gasteiger partial charge in [0.2, 0.25) is 5.88 Å². The van der Waals surface area contributed by atoms with E-state index in [1.165, 1.54) is 31.9 Å². The number of anilines is 1. The van der Waals surface area contributed by atoms with Crippen molar-refractivity contribution in [2.24, 2.45) is 11.3 Å². The topological polar surface area (TPSA) is 84.3 Å². The Labute approximate surface area is 214 Å². The van der Waals surface area contributed by atoms with Gasteiger partial charge in [0, 0.05) is 23.2 Å². The zero-order valence-corrected chi connectivity index (χ0v) is 21.1. The van der Waals surface area contributed by atoms with Crippen LogP contribution in [0.4, 0.5) is 14.6 Å². The van der Waals surface area contributed by atoms with Crippen molar-refractivity contribution in [3.63, 3.8) is 0 Å². The van der Waals surface area contributed by atoms with Crippen LogP contribution < -0.4 is 9.64 Å².